The van der Waals surface area contributed by atoms with Crippen LogP contribution in [0.5, 0.6) is 0 Å². The van der Waals surface area contributed by atoms with Crippen LogP contribution in [-0.2, 0) is 0 Å². The molecule has 0 aromatic carbocycles. The SMILES string of the molecule is C.CC(C)(C)CCC(C)(C)N. The van der Waals surface area contributed by atoms with Gasteiger partial charge in [-0.25, -0.2) is 0 Å². The highest BCUT2D eigenvalue weighted by Crippen LogP contribution is 2.23. The van der Waals surface area contributed by atoms with Crippen molar-refractivity contribution >= 4 is 0 Å². The van der Waals surface area contributed by atoms with Gasteiger partial charge in [0.25, 0.3) is 0 Å². The average molecular weight is 159 g/mol. The maximum absolute atomic E-state index is 5.84. The van der Waals surface area contributed by atoms with E-state index in [1.54, 1.807) is 0 Å². The fourth-order valence-electron chi connectivity index (χ4n) is 0.697. The summed E-state index contributed by atoms with van der Waals surface area (Å²) in [5.74, 6) is 0. The molecular formula is C10H25N. The van der Waals surface area contributed by atoms with E-state index in [0.717, 1.165) is 6.42 Å². The summed E-state index contributed by atoms with van der Waals surface area (Å²) in [6.07, 6.45) is 2.31. The molecule has 0 saturated heterocycles. The summed E-state index contributed by atoms with van der Waals surface area (Å²) in [5, 5.41) is 0. The van der Waals surface area contributed by atoms with Crippen LogP contribution in [0.25, 0.3) is 0 Å². The fraction of sp³-hybridized carbons (Fsp3) is 1.00. The molecule has 70 valence electrons. The van der Waals surface area contributed by atoms with Gasteiger partial charge >= 0.3 is 0 Å². The molecular weight excluding hydrogens is 134 g/mol. The molecule has 0 radical (unpaired) electrons. The maximum Gasteiger partial charge on any atom is 0.00972 e. The molecule has 0 bridgehead atoms. The van der Waals surface area contributed by atoms with Crippen molar-refractivity contribution in [1.29, 1.82) is 0 Å². The first kappa shape index (κ1) is 13.5. The van der Waals surface area contributed by atoms with Gasteiger partial charge in [-0.15, -0.1) is 0 Å². The topological polar surface area (TPSA) is 26.0 Å². The largest absolute Gasteiger partial charge is 0.326 e. The van der Waals surface area contributed by atoms with Gasteiger partial charge in [-0.2, -0.15) is 0 Å². The van der Waals surface area contributed by atoms with E-state index in [1.807, 2.05) is 0 Å². The lowest BCUT2D eigenvalue weighted by Gasteiger charge is -2.24. The van der Waals surface area contributed by atoms with Crippen LogP contribution in [-0.4, -0.2) is 5.54 Å². The third-order valence-corrected chi connectivity index (χ3v) is 1.52. The Morgan fingerprint density at radius 2 is 1.27 bits per heavy atom. The minimum atomic E-state index is 0. The lowest BCUT2D eigenvalue weighted by molar-refractivity contribution is 0.316. The molecule has 0 saturated carbocycles. The first-order valence-electron chi connectivity index (χ1n) is 4.00. The molecule has 0 aliphatic heterocycles. The first-order chi connectivity index (χ1) is 4.21. The second kappa shape index (κ2) is 4.10. The summed E-state index contributed by atoms with van der Waals surface area (Å²) in [5.41, 5.74) is 6.28. The first-order valence-corrected chi connectivity index (χ1v) is 4.00. The zero-order valence-corrected chi connectivity index (χ0v) is 7.99. The second-order valence-electron chi connectivity index (χ2n) is 5.05. The number of rotatable bonds is 2. The highest BCUT2D eigenvalue weighted by Gasteiger charge is 2.16. The Morgan fingerprint density at radius 3 is 1.36 bits per heavy atom. The number of nitrogens with two attached hydrogens (primary N) is 1. The molecule has 0 aromatic heterocycles. The van der Waals surface area contributed by atoms with Crippen LogP contribution in [0.2, 0.25) is 0 Å². The zero-order chi connectivity index (χ0) is 8.41. The second-order valence-corrected chi connectivity index (χ2v) is 5.05. The lowest BCUT2D eigenvalue weighted by atomic mass is 9.85. The minimum absolute atomic E-state index is 0. The molecule has 0 aliphatic carbocycles. The molecule has 0 amide bonds. The molecule has 1 nitrogen and oxygen atoms in total. The van der Waals surface area contributed by atoms with E-state index in [1.165, 1.54) is 6.42 Å². The van der Waals surface area contributed by atoms with Crippen LogP contribution < -0.4 is 5.73 Å². The Kier molecular flexibility index (Phi) is 5.05. The number of hydrogen-bond donors (Lipinski definition) is 1. The fourth-order valence-corrected chi connectivity index (χ4v) is 0.697. The monoisotopic (exact) mass is 159 g/mol. The van der Waals surface area contributed by atoms with Crippen molar-refractivity contribution in [3.8, 4) is 0 Å². The summed E-state index contributed by atoms with van der Waals surface area (Å²) in [7, 11) is 0. The van der Waals surface area contributed by atoms with Gasteiger partial charge in [0.2, 0.25) is 0 Å². The molecule has 1 heteroatoms. The summed E-state index contributed by atoms with van der Waals surface area (Å²) in [6, 6.07) is 0. The van der Waals surface area contributed by atoms with Crippen molar-refractivity contribution in [3.05, 3.63) is 0 Å². The maximum atomic E-state index is 5.84. The molecule has 11 heavy (non-hydrogen) atoms. The van der Waals surface area contributed by atoms with Crippen LogP contribution in [0, 0.1) is 5.41 Å². The van der Waals surface area contributed by atoms with E-state index in [9.17, 15) is 0 Å². The zero-order valence-electron chi connectivity index (χ0n) is 7.99. The van der Waals surface area contributed by atoms with E-state index in [2.05, 4.69) is 34.6 Å². The van der Waals surface area contributed by atoms with Crippen LogP contribution in [0.3, 0.4) is 0 Å². The van der Waals surface area contributed by atoms with Crippen molar-refractivity contribution in [2.75, 3.05) is 0 Å². The third kappa shape index (κ3) is 13.0. The van der Waals surface area contributed by atoms with Gasteiger partial charge in [0.1, 0.15) is 0 Å². The van der Waals surface area contributed by atoms with Gasteiger partial charge in [-0.1, -0.05) is 28.2 Å². The van der Waals surface area contributed by atoms with Gasteiger partial charge in [0, 0.05) is 5.54 Å². The number of hydrogen-bond acceptors (Lipinski definition) is 1. The Bertz CT molecular complexity index is 78.4. The molecule has 0 unspecified atom stereocenters. The van der Waals surface area contributed by atoms with E-state index in [4.69, 9.17) is 5.73 Å². The van der Waals surface area contributed by atoms with Crippen molar-refractivity contribution in [2.24, 2.45) is 11.1 Å². The predicted molar refractivity (Wildman–Crippen MR) is 53.7 cm³/mol. The van der Waals surface area contributed by atoms with Gasteiger partial charge in [0.05, 0.1) is 0 Å². The van der Waals surface area contributed by atoms with Gasteiger partial charge in [-0.3, -0.25) is 0 Å². The Labute approximate surface area is 72.4 Å². The van der Waals surface area contributed by atoms with Gasteiger partial charge in [0.15, 0.2) is 0 Å². The van der Waals surface area contributed by atoms with E-state index in [-0.39, 0.29) is 13.0 Å². The van der Waals surface area contributed by atoms with Crippen LogP contribution in [0.1, 0.15) is 54.9 Å². The normalized spacial score (nSPS) is 12.5. The molecule has 0 aliphatic rings. The standard InChI is InChI=1S/C9H21N.CH4/c1-8(2,3)6-7-9(4,5)10;/h6-7,10H2,1-5H3;1H4. The highest BCUT2D eigenvalue weighted by atomic mass is 14.7. The predicted octanol–water partition coefficient (Wildman–Crippen LogP) is 3.19. The van der Waals surface area contributed by atoms with Crippen LogP contribution in [0.4, 0.5) is 0 Å². The summed E-state index contributed by atoms with van der Waals surface area (Å²) < 4.78 is 0. The average Bonchev–Trinajstić information content (AvgIpc) is 1.57. The quantitative estimate of drug-likeness (QED) is 0.658. The molecule has 0 fully saturated rings. The summed E-state index contributed by atoms with van der Waals surface area (Å²) >= 11 is 0. The molecule has 0 spiro atoms. The molecule has 0 heterocycles. The van der Waals surface area contributed by atoms with Crippen LogP contribution >= 0.6 is 0 Å². The van der Waals surface area contributed by atoms with Crippen molar-refractivity contribution in [1.82, 2.24) is 0 Å². The van der Waals surface area contributed by atoms with E-state index in [0.29, 0.717) is 5.41 Å². The molecule has 0 aromatic rings. The Hall–Kier alpha value is -0.0400. The lowest BCUT2D eigenvalue weighted by Crippen LogP contribution is -2.32. The van der Waals surface area contributed by atoms with Crippen molar-refractivity contribution in [3.63, 3.8) is 0 Å². The van der Waals surface area contributed by atoms with E-state index < -0.39 is 0 Å². The van der Waals surface area contributed by atoms with Crippen LogP contribution in [0.15, 0.2) is 0 Å². The Balaban J connectivity index is 0. The van der Waals surface area contributed by atoms with Gasteiger partial charge in [-0.05, 0) is 32.1 Å². The molecule has 0 atom stereocenters. The summed E-state index contributed by atoms with van der Waals surface area (Å²) in [4.78, 5) is 0. The smallest absolute Gasteiger partial charge is 0.00972 e. The highest BCUT2D eigenvalue weighted by molar-refractivity contribution is 4.75. The third-order valence-electron chi connectivity index (χ3n) is 1.52. The molecule has 2 N–H and O–H groups in total. The van der Waals surface area contributed by atoms with Crippen molar-refractivity contribution in [2.45, 2.75) is 60.4 Å². The minimum Gasteiger partial charge on any atom is -0.326 e. The van der Waals surface area contributed by atoms with Crippen molar-refractivity contribution < 1.29 is 0 Å². The summed E-state index contributed by atoms with van der Waals surface area (Å²) in [6.45, 7) is 10.9. The Morgan fingerprint density at radius 1 is 0.909 bits per heavy atom. The molecule has 0 rings (SSSR count). The van der Waals surface area contributed by atoms with E-state index >= 15 is 0 Å². The van der Waals surface area contributed by atoms with Gasteiger partial charge < -0.3 is 5.73 Å².